The number of benzene rings is 1. The molecule has 4 nitrogen and oxygen atoms in total. The lowest BCUT2D eigenvalue weighted by Crippen LogP contribution is -2.38. The van der Waals surface area contributed by atoms with E-state index in [1.54, 1.807) is 31.3 Å². The zero-order valence-electron chi connectivity index (χ0n) is 12.7. The molecule has 0 aromatic heterocycles. The van der Waals surface area contributed by atoms with E-state index in [1.807, 2.05) is 0 Å². The number of nitrogen functional groups attached to an aromatic ring is 1. The minimum Gasteiger partial charge on any atom is -0.399 e. The maximum Gasteiger partial charge on any atom is 0.195 e. The van der Waals surface area contributed by atoms with Gasteiger partial charge < -0.3 is 5.73 Å². The topological polar surface area (TPSA) is 67.5 Å². The van der Waals surface area contributed by atoms with Crippen molar-refractivity contribution in [2.45, 2.75) is 43.8 Å². The van der Waals surface area contributed by atoms with Gasteiger partial charge in [-0.15, -0.1) is 0 Å². The second-order valence-electron chi connectivity index (χ2n) is 6.20. The highest BCUT2D eigenvalue weighted by Gasteiger charge is 2.37. The van der Waals surface area contributed by atoms with Crippen LogP contribution in [0.3, 0.4) is 0 Å². The summed E-state index contributed by atoms with van der Waals surface area (Å²) in [4.78, 5) is 0.689. The predicted molar refractivity (Wildman–Crippen MR) is 85.9 cm³/mol. The zero-order chi connectivity index (χ0) is 14.9. The third-order valence-corrected chi connectivity index (χ3v) is 11.7. The molecule has 6 heteroatoms. The van der Waals surface area contributed by atoms with Gasteiger partial charge in [-0.1, -0.05) is 20.8 Å². The predicted octanol–water partition coefficient (Wildman–Crippen LogP) is 3.24. The maximum absolute atomic E-state index is 13.0. The van der Waals surface area contributed by atoms with Gasteiger partial charge in [0.2, 0.25) is 0 Å². The van der Waals surface area contributed by atoms with Crippen molar-refractivity contribution >= 4 is 23.8 Å². The van der Waals surface area contributed by atoms with Crippen LogP contribution in [-0.2, 0) is 9.92 Å². The van der Waals surface area contributed by atoms with E-state index < -0.39 is 18.2 Å². The largest absolute Gasteiger partial charge is 0.399 e. The molecular weight excluding hydrogens is 274 g/mol. The molecule has 0 saturated carbocycles. The molecular formula is C13H25N3OSSi. The highest BCUT2D eigenvalue weighted by molar-refractivity contribution is 7.92. The number of anilines is 1. The molecule has 0 aliphatic rings. The fourth-order valence-corrected chi connectivity index (χ4v) is 6.52. The van der Waals surface area contributed by atoms with Gasteiger partial charge in [-0.3, -0.25) is 4.03 Å². The average molecular weight is 300 g/mol. The van der Waals surface area contributed by atoms with Crippen LogP contribution in [0.2, 0.25) is 18.1 Å². The summed E-state index contributed by atoms with van der Waals surface area (Å²) in [5, 5.41) is 0.0559. The number of nitrogens with zero attached hydrogens (tertiary/aromatic N) is 1. The Labute approximate surface area is 118 Å². The molecule has 0 amide bonds. The minimum absolute atomic E-state index is 0.0559. The zero-order valence-corrected chi connectivity index (χ0v) is 14.5. The van der Waals surface area contributed by atoms with E-state index in [4.69, 9.17) is 9.76 Å². The molecule has 1 rings (SSSR count). The van der Waals surface area contributed by atoms with Crippen molar-refractivity contribution in [1.29, 1.82) is 0 Å². The Morgan fingerprint density at radius 3 is 2.05 bits per heavy atom. The lowest BCUT2D eigenvalue weighted by atomic mass is 10.2. The Balaban J connectivity index is 3.40. The van der Waals surface area contributed by atoms with E-state index in [1.165, 1.54) is 0 Å². The highest BCUT2D eigenvalue weighted by Crippen LogP contribution is 2.38. The van der Waals surface area contributed by atoms with Crippen molar-refractivity contribution in [1.82, 2.24) is 4.72 Å². The van der Waals surface area contributed by atoms with Gasteiger partial charge in [0.25, 0.3) is 0 Å². The molecule has 1 unspecified atom stereocenters. The van der Waals surface area contributed by atoms with Crippen LogP contribution in [0.15, 0.2) is 33.2 Å². The van der Waals surface area contributed by atoms with Crippen molar-refractivity contribution in [2.24, 2.45) is 4.03 Å². The average Bonchev–Trinajstić information content (AvgIpc) is 2.27. The number of hydrogen-bond donors (Lipinski definition) is 2. The number of rotatable bonds is 3. The van der Waals surface area contributed by atoms with Gasteiger partial charge in [0, 0.05) is 5.69 Å². The van der Waals surface area contributed by atoms with E-state index in [0.29, 0.717) is 10.6 Å². The minimum atomic E-state index is -2.58. The molecule has 0 spiro atoms. The molecule has 0 heterocycles. The molecule has 19 heavy (non-hydrogen) atoms. The van der Waals surface area contributed by atoms with Crippen molar-refractivity contribution in [3.63, 3.8) is 0 Å². The summed E-state index contributed by atoms with van der Waals surface area (Å²) < 4.78 is 20.7. The first-order chi connectivity index (χ1) is 8.52. The van der Waals surface area contributed by atoms with Crippen LogP contribution < -0.4 is 10.5 Å². The Morgan fingerprint density at radius 2 is 1.68 bits per heavy atom. The van der Waals surface area contributed by atoms with Crippen molar-refractivity contribution < 1.29 is 4.21 Å². The van der Waals surface area contributed by atoms with E-state index in [2.05, 4.69) is 38.6 Å². The van der Waals surface area contributed by atoms with E-state index >= 15 is 0 Å². The second kappa shape index (κ2) is 5.26. The molecule has 1 atom stereocenters. The number of hydrogen-bond acceptors (Lipinski definition) is 3. The smallest absolute Gasteiger partial charge is 0.195 e. The third kappa shape index (κ3) is 3.58. The molecule has 0 aliphatic carbocycles. The lowest BCUT2D eigenvalue weighted by molar-refractivity contribution is 0.669. The second-order valence-corrected chi connectivity index (χ2v) is 13.5. The van der Waals surface area contributed by atoms with Gasteiger partial charge >= 0.3 is 0 Å². The van der Waals surface area contributed by atoms with Crippen LogP contribution >= 0.6 is 0 Å². The normalized spacial score (nSPS) is 15.9. The van der Waals surface area contributed by atoms with Crippen molar-refractivity contribution in [3.05, 3.63) is 24.3 Å². The Kier molecular flexibility index (Phi) is 4.49. The van der Waals surface area contributed by atoms with E-state index in [0.717, 1.165) is 0 Å². The Bertz CT molecular complexity index is 552. The van der Waals surface area contributed by atoms with Crippen LogP contribution in [-0.4, -0.2) is 19.5 Å². The van der Waals surface area contributed by atoms with Gasteiger partial charge in [-0.2, -0.15) is 0 Å². The van der Waals surface area contributed by atoms with Crippen LogP contribution in [0.5, 0.6) is 0 Å². The summed E-state index contributed by atoms with van der Waals surface area (Å²) in [6.45, 7) is 10.7. The van der Waals surface area contributed by atoms with Gasteiger partial charge in [0.1, 0.15) is 9.92 Å². The summed E-state index contributed by atoms with van der Waals surface area (Å²) in [5.74, 6) is 0. The molecule has 108 valence electrons. The van der Waals surface area contributed by atoms with E-state index in [-0.39, 0.29) is 5.04 Å². The van der Waals surface area contributed by atoms with Gasteiger partial charge in [-0.25, -0.2) is 8.93 Å². The SMILES string of the molecule is CNS(=O)(=N[Si](C)(C)C(C)(C)C)c1ccc(N)cc1. The molecule has 0 saturated heterocycles. The molecule has 0 fully saturated rings. The molecule has 0 aliphatic heterocycles. The molecule has 1 aromatic carbocycles. The summed E-state index contributed by atoms with van der Waals surface area (Å²) >= 11 is 0. The Hall–Kier alpha value is -0.853. The first kappa shape index (κ1) is 16.2. The van der Waals surface area contributed by atoms with Crippen LogP contribution in [0.25, 0.3) is 0 Å². The number of nitrogens with one attached hydrogen (secondary N) is 1. The quantitative estimate of drug-likeness (QED) is 0.664. The van der Waals surface area contributed by atoms with Crippen molar-refractivity contribution in [3.8, 4) is 0 Å². The summed E-state index contributed by atoms with van der Waals surface area (Å²) in [6.07, 6.45) is 0. The van der Waals surface area contributed by atoms with Crippen LogP contribution in [0, 0.1) is 0 Å². The summed E-state index contributed by atoms with van der Waals surface area (Å²) in [5.41, 5.74) is 6.33. The fourth-order valence-electron chi connectivity index (χ4n) is 1.33. The summed E-state index contributed by atoms with van der Waals surface area (Å²) in [7, 11) is -2.89. The highest BCUT2D eigenvalue weighted by atomic mass is 32.2. The van der Waals surface area contributed by atoms with E-state index in [9.17, 15) is 4.21 Å². The molecule has 1 aromatic rings. The number of nitrogens with two attached hydrogens (primary N) is 1. The standard InChI is InChI=1S/C13H25N3OSSi/c1-13(2,3)19(5,6)16-18(17,15-4)12-9-7-11(14)8-10-12/h7-10H,14H2,1-6H3,(H,15,16,17). The first-order valence-electron chi connectivity index (χ1n) is 6.34. The molecule has 3 N–H and O–H groups in total. The fraction of sp³-hybridized carbons (Fsp3) is 0.538. The maximum atomic E-state index is 13.0. The van der Waals surface area contributed by atoms with Crippen molar-refractivity contribution in [2.75, 3.05) is 12.8 Å². The summed E-state index contributed by atoms with van der Waals surface area (Å²) in [6, 6.07) is 7.08. The van der Waals surface area contributed by atoms with Gasteiger partial charge in [0.05, 0.1) is 4.90 Å². The molecule has 0 radical (unpaired) electrons. The van der Waals surface area contributed by atoms with Crippen LogP contribution in [0.4, 0.5) is 5.69 Å². The lowest BCUT2D eigenvalue weighted by Gasteiger charge is -2.33. The first-order valence-corrected chi connectivity index (χ1v) is 10.8. The Morgan fingerprint density at radius 1 is 1.21 bits per heavy atom. The van der Waals surface area contributed by atoms with Crippen LogP contribution in [0.1, 0.15) is 20.8 Å². The van der Waals surface area contributed by atoms with Gasteiger partial charge in [-0.05, 0) is 49.4 Å². The third-order valence-electron chi connectivity index (χ3n) is 3.67. The molecule has 0 bridgehead atoms. The van der Waals surface area contributed by atoms with Gasteiger partial charge in [0.15, 0.2) is 8.24 Å². The monoisotopic (exact) mass is 299 g/mol.